The SMILES string of the molecule is CCC1(CN2CCN(CC(C)C)CC2)CCNCC1. The Morgan fingerprint density at radius 3 is 2.11 bits per heavy atom. The third kappa shape index (κ3) is 4.44. The molecule has 0 atom stereocenters. The van der Waals surface area contributed by atoms with E-state index < -0.39 is 0 Å². The minimum Gasteiger partial charge on any atom is -0.317 e. The molecule has 2 saturated heterocycles. The number of nitrogens with zero attached hydrogens (tertiary/aromatic N) is 2. The molecule has 0 amide bonds. The van der Waals surface area contributed by atoms with Gasteiger partial charge in [0, 0.05) is 39.3 Å². The highest BCUT2D eigenvalue weighted by Gasteiger charge is 2.33. The van der Waals surface area contributed by atoms with Crippen molar-refractivity contribution in [3.05, 3.63) is 0 Å². The van der Waals surface area contributed by atoms with Crippen LogP contribution in [0.2, 0.25) is 0 Å². The number of hydrogen-bond acceptors (Lipinski definition) is 3. The number of piperidine rings is 1. The van der Waals surface area contributed by atoms with Crippen LogP contribution in [0.4, 0.5) is 0 Å². The molecule has 0 aliphatic carbocycles. The first-order valence-corrected chi connectivity index (χ1v) is 8.29. The molecular formula is C16H33N3. The van der Waals surface area contributed by atoms with Gasteiger partial charge in [-0.2, -0.15) is 0 Å². The van der Waals surface area contributed by atoms with Crippen molar-refractivity contribution in [3.63, 3.8) is 0 Å². The Balaban J connectivity index is 1.77. The van der Waals surface area contributed by atoms with Crippen molar-refractivity contribution in [1.82, 2.24) is 15.1 Å². The molecule has 2 aliphatic rings. The summed E-state index contributed by atoms with van der Waals surface area (Å²) < 4.78 is 0. The van der Waals surface area contributed by atoms with Gasteiger partial charge in [0.05, 0.1) is 0 Å². The van der Waals surface area contributed by atoms with Gasteiger partial charge in [0.1, 0.15) is 0 Å². The van der Waals surface area contributed by atoms with Crippen molar-refractivity contribution < 1.29 is 0 Å². The van der Waals surface area contributed by atoms with E-state index in [-0.39, 0.29) is 0 Å². The molecule has 0 spiro atoms. The van der Waals surface area contributed by atoms with Crippen LogP contribution < -0.4 is 5.32 Å². The number of piperazine rings is 1. The van der Waals surface area contributed by atoms with Gasteiger partial charge in [-0.05, 0) is 43.7 Å². The Hall–Kier alpha value is -0.120. The molecular weight excluding hydrogens is 234 g/mol. The largest absolute Gasteiger partial charge is 0.317 e. The van der Waals surface area contributed by atoms with Gasteiger partial charge < -0.3 is 15.1 Å². The quantitative estimate of drug-likeness (QED) is 0.822. The normalized spacial score (nSPS) is 25.9. The molecule has 2 rings (SSSR count). The molecule has 0 aromatic rings. The summed E-state index contributed by atoms with van der Waals surface area (Å²) in [5.41, 5.74) is 0.603. The second-order valence-electron chi connectivity index (χ2n) is 7.07. The monoisotopic (exact) mass is 267 g/mol. The lowest BCUT2D eigenvalue weighted by atomic mass is 9.76. The molecule has 0 bridgehead atoms. The summed E-state index contributed by atoms with van der Waals surface area (Å²) in [6.07, 6.45) is 4.09. The van der Waals surface area contributed by atoms with Gasteiger partial charge in [-0.15, -0.1) is 0 Å². The third-order valence-corrected chi connectivity index (χ3v) is 5.06. The van der Waals surface area contributed by atoms with Crippen LogP contribution in [0.1, 0.15) is 40.0 Å². The Morgan fingerprint density at radius 2 is 1.58 bits per heavy atom. The molecule has 112 valence electrons. The van der Waals surface area contributed by atoms with E-state index in [1.54, 1.807) is 0 Å². The Labute approximate surface area is 119 Å². The van der Waals surface area contributed by atoms with Crippen molar-refractivity contribution in [1.29, 1.82) is 0 Å². The van der Waals surface area contributed by atoms with Crippen molar-refractivity contribution in [2.75, 3.05) is 52.4 Å². The van der Waals surface area contributed by atoms with Crippen LogP contribution in [0.5, 0.6) is 0 Å². The number of nitrogens with one attached hydrogen (secondary N) is 1. The van der Waals surface area contributed by atoms with Gasteiger partial charge in [-0.1, -0.05) is 20.8 Å². The van der Waals surface area contributed by atoms with Crippen LogP contribution in [-0.4, -0.2) is 62.2 Å². The first kappa shape index (κ1) is 15.3. The Bertz CT molecular complexity index is 251. The molecule has 19 heavy (non-hydrogen) atoms. The third-order valence-electron chi connectivity index (χ3n) is 5.06. The second kappa shape index (κ2) is 7.05. The average molecular weight is 267 g/mol. The fourth-order valence-electron chi connectivity index (χ4n) is 3.70. The van der Waals surface area contributed by atoms with Crippen LogP contribution in [0.25, 0.3) is 0 Å². The van der Waals surface area contributed by atoms with Gasteiger partial charge in [0.2, 0.25) is 0 Å². The molecule has 3 nitrogen and oxygen atoms in total. The molecule has 1 N–H and O–H groups in total. The fourth-order valence-corrected chi connectivity index (χ4v) is 3.70. The molecule has 0 radical (unpaired) electrons. The molecule has 0 saturated carbocycles. The zero-order chi connectivity index (χ0) is 13.7. The summed E-state index contributed by atoms with van der Waals surface area (Å²) in [6.45, 7) is 17.2. The van der Waals surface area contributed by atoms with Crippen LogP contribution in [0.15, 0.2) is 0 Å². The summed E-state index contributed by atoms with van der Waals surface area (Å²) >= 11 is 0. The van der Waals surface area contributed by atoms with Gasteiger partial charge in [0.15, 0.2) is 0 Å². The van der Waals surface area contributed by atoms with E-state index >= 15 is 0 Å². The van der Waals surface area contributed by atoms with Crippen molar-refractivity contribution in [2.45, 2.75) is 40.0 Å². The van der Waals surface area contributed by atoms with Crippen molar-refractivity contribution in [2.24, 2.45) is 11.3 Å². The topological polar surface area (TPSA) is 18.5 Å². The highest BCUT2D eigenvalue weighted by atomic mass is 15.3. The number of hydrogen-bond donors (Lipinski definition) is 1. The van der Waals surface area contributed by atoms with Crippen molar-refractivity contribution >= 4 is 0 Å². The van der Waals surface area contributed by atoms with Gasteiger partial charge in [-0.3, -0.25) is 0 Å². The molecule has 0 aromatic carbocycles. The van der Waals surface area contributed by atoms with Crippen LogP contribution in [-0.2, 0) is 0 Å². The highest BCUT2D eigenvalue weighted by molar-refractivity contribution is 4.88. The summed E-state index contributed by atoms with van der Waals surface area (Å²) in [4.78, 5) is 5.37. The first-order valence-electron chi connectivity index (χ1n) is 8.29. The summed E-state index contributed by atoms with van der Waals surface area (Å²) in [5.74, 6) is 0.804. The van der Waals surface area contributed by atoms with E-state index in [1.165, 1.54) is 71.6 Å². The second-order valence-corrected chi connectivity index (χ2v) is 7.07. The first-order chi connectivity index (χ1) is 9.13. The highest BCUT2D eigenvalue weighted by Crippen LogP contribution is 2.33. The van der Waals surface area contributed by atoms with E-state index in [9.17, 15) is 0 Å². The van der Waals surface area contributed by atoms with E-state index in [1.807, 2.05) is 0 Å². The minimum atomic E-state index is 0.603. The van der Waals surface area contributed by atoms with Crippen LogP contribution in [0, 0.1) is 11.3 Å². The van der Waals surface area contributed by atoms with Crippen LogP contribution in [0.3, 0.4) is 0 Å². The molecule has 0 aromatic heterocycles. The molecule has 2 heterocycles. The summed E-state index contributed by atoms with van der Waals surface area (Å²) in [6, 6.07) is 0. The lowest BCUT2D eigenvalue weighted by Gasteiger charge is -2.44. The van der Waals surface area contributed by atoms with Crippen molar-refractivity contribution in [3.8, 4) is 0 Å². The summed E-state index contributed by atoms with van der Waals surface area (Å²) in [7, 11) is 0. The summed E-state index contributed by atoms with van der Waals surface area (Å²) in [5, 5.41) is 3.51. The zero-order valence-corrected chi connectivity index (χ0v) is 13.2. The Kier molecular flexibility index (Phi) is 5.67. The van der Waals surface area contributed by atoms with E-state index in [0.29, 0.717) is 5.41 Å². The maximum absolute atomic E-state index is 3.51. The number of rotatable bonds is 5. The maximum atomic E-state index is 3.51. The predicted molar refractivity (Wildman–Crippen MR) is 82.5 cm³/mol. The van der Waals surface area contributed by atoms with E-state index in [0.717, 1.165) is 5.92 Å². The Morgan fingerprint density at radius 1 is 1.00 bits per heavy atom. The lowest BCUT2D eigenvalue weighted by molar-refractivity contribution is 0.0603. The van der Waals surface area contributed by atoms with Gasteiger partial charge in [0.25, 0.3) is 0 Å². The minimum absolute atomic E-state index is 0.603. The fraction of sp³-hybridized carbons (Fsp3) is 1.00. The predicted octanol–water partition coefficient (Wildman–Crippen LogP) is 2.04. The van der Waals surface area contributed by atoms with E-state index in [2.05, 4.69) is 35.9 Å². The van der Waals surface area contributed by atoms with Gasteiger partial charge >= 0.3 is 0 Å². The maximum Gasteiger partial charge on any atom is 0.0110 e. The zero-order valence-electron chi connectivity index (χ0n) is 13.2. The standard InChI is InChI=1S/C16H33N3/c1-4-16(5-7-17-8-6-16)14-19-11-9-18(10-12-19)13-15(2)3/h15,17H,4-14H2,1-3H3. The lowest BCUT2D eigenvalue weighted by Crippen LogP contribution is -2.52. The van der Waals surface area contributed by atoms with Crippen LogP contribution >= 0.6 is 0 Å². The van der Waals surface area contributed by atoms with E-state index in [4.69, 9.17) is 0 Å². The van der Waals surface area contributed by atoms with Gasteiger partial charge in [-0.25, -0.2) is 0 Å². The molecule has 3 heteroatoms. The smallest absolute Gasteiger partial charge is 0.0110 e. The average Bonchev–Trinajstić information content (AvgIpc) is 2.41. The molecule has 2 fully saturated rings. The molecule has 0 unspecified atom stereocenters. The molecule has 2 aliphatic heterocycles.